The van der Waals surface area contributed by atoms with Crippen LogP contribution in [-0.2, 0) is 11.3 Å². The largest absolute Gasteiger partial charge is 0.351 e. The second-order valence-corrected chi connectivity index (χ2v) is 6.75. The molecular weight excluding hydrogens is 354 g/mol. The SMILES string of the molecule is O=C(CSc1ccc(-c2ccccc2)nn1)NCc1ccc(Cl)cc1. The molecule has 6 heteroatoms. The number of benzene rings is 2. The van der Waals surface area contributed by atoms with Crippen molar-refractivity contribution in [2.24, 2.45) is 0 Å². The molecule has 0 fully saturated rings. The van der Waals surface area contributed by atoms with E-state index in [0.717, 1.165) is 21.8 Å². The van der Waals surface area contributed by atoms with Crippen LogP contribution in [0, 0.1) is 0 Å². The minimum absolute atomic E-state index is 0.0473. The van der Waals surface area contributed by atoms with E-state index in [4.69, 9.17) is 11.6 Å². The molecule has 0 unspecified atom stereocenters. The van der Waals surface area contributed by atoms with Crippen LogP contribution in [0.4, 0.5) is 0 Å². The van der Waals surface area contributed by atoms with E-state index < -0.39 is 0 Å². The molecule has 0 atom stereocenters. The van der Waals surface area contributed by atoms with Crippen LogP contribution in [-0.4, -0.2) is 21.9 Å². The molecule has 2 aromatic carbocycles. The van der Waals surface area contributed by atoms with Gasteiger partial charge in [0.25, 0.3) is 0 Å². The molecule has 1 N–H and O–H groups in total. The molecule has 4 nitrogen and oxygen atoms in total. The Morgan fingerprint density at radius 1 is 0.960 bits per heavy atom. The lowest BCUT2D eigenvalue weighted by atomic mass is 10.1. The van der Waals surface area contributed by atoms with Gasteiger partial charge in [-0.25, -0.2) is 0 Å². The van der Waals surface area contributed by atoms with Crippen LogP contribution in [0.2, 0.25) is 5.02 Å². The molecule has 0 saturated carbocycles. The second kappa shape index (κ2) is 8.65. The number of halogens is 1. The number of nitrogens with one attached hydrogen (secondary N) is 1. The summed E-state index contributed by atoms with van der Waals surface area (Å²) in [5, 5.41) is 12.7. The van der Waals surface area contributed by atoms with E-state index in [2.05, 4.69) is 15.5 Å². The quantitative estimate of drug-likeness (QED) is 0.661. The molecule has 3 aromatic rings. The third-order valence-electron chi connectivity index (χ3n) is 3.46. The molecule has 1 aromatic heterocycles. The fourth-order valence-electron chi connectivity index (χ4n) is 2.15. The van der Waals surface area contributed by atoms with Crippen LogP contribution in [0.25, 0.3) is 11.3 Å². The van der Waals surface area contributed by atoms with Crippen molar-refractivity contribution in [3.8, 4) is 11.3 Å². The third-order valence-corrected chi connectivity index (χ3v) is 4.64. The fourth-order valence-corrected chi connectivity index (χ4v) is 2.92. The summed E-state index contributed by atoms with van der Waals surface area (Å²) >= 11 is 7.20. The Balaban J connectivity index is 1.48. The van der Waals surface area contributed by atoms with Gasteiger partial charge in [-0.15, -0.1) is 10.2 Å². The lowest BCUT2D eigenvalue weighted by Gasteiger charge is -2.05. The van der Waals surface area contributed by atoms with Gasteiger partial charge in [-0.1, -0.05) is 65.8 Å². The summed E-state index contributed by atoms with van der Waals surface area (Å²) < 4.78 is 0. The van der Waals surface area contributed by atoms with E-state index in [1.165, 1.54) is 11.8 Å². The first kappa shape index (κ1) is 17.5. The Morgan fingerprint density at radius 3 is 2.40 bits per heavy atom. The van der Waals surface area contributed by atoms with Crippen LogP contribution in [0.5, 0.6) is 0 Å². The van der Waals surface area contributed by atoms with Crippen molar-refractivity contribution >= 4 is 29.3 Å². The molecule has 126 valence electrons. The Labute approximate surface area is 155 Å². The first-order chi connectivity index (χ1) is 12.2. The number of thioether (sulfide) groups is 1. The molecule has 0 saturated heterocycles. The molecule has 0 radical (unpaired) electrons. The summed E-state index contributed by atoms with van der Waals surface area (Å²) in [4.78, 5) is 11.9. The molecular formula is C19H16ClN3OS. The molecule has 0 aliphatic rings. The zero-order valence-electron chi connectivity index (χ0n) is 13.4. The maximum atomic E-state index is 11.9. The Morgan fingerprint density at radius 2 is 1.72 bits per heavy atom. The summed E-state index contributed by atoms with van der Waals surface area (Å²) in [6, 6.07) is 21.1. The number of carbonyl (C=O) groups is 1. The van der Waals surface area contributed by atoms with Crippen molar-refractivity contribution in [1.82, 2.24) is 15.5 Å². The average Bonchev–Trinajstić information content (AvgIpc) is 2.67. The predicted molar refractivity (Wildman–Crippen MR) is 101 cm³/mol. The monoisotopic (exact) mass is 369 g/mol. The first-order valence-electron chi connectivity index (χ1n) is 7.74. The molecule has 3 rings (SSSR count). The minimum atomic E-state index is -0.0473. The predicted octanol–water partition coefficient (Wildman–Crippen LogP) is 4.21. The van der Waals surface area contributed by atoms with E-state index in [1.54, 1.807) is 0 Å². The molecule has 0 aliphatic carbocycles. The van der Waals surface area contributed by atoms with Crippen molar-refractivity contribution in [2.75, 3.05) is 5.75 Å². The van der Waals surface area contributed by atoms with E-state index >= 15 is 0 Å². The molecule has 1 heterocycles. The van der Waals surface area contributed by atoms with Crippen molar-refractivity contribution < 1.29 is 4.79 Å². The van der Waals surface area contributed by atoms with Gasteiger partial charge in [0.1, 0.15) is 5.03 Å². The summed E-state index contributed by atoms with van der Waals surface area (Å²) in [5.41, 5.74) is 2.85. The number of rotatable bonds is 6. The molecule has 1 amide bonds. The summed E-state index contributed by atoms with van der Waals surface area (Å²) in [6.45, 7) is 0.481. The van der Waals surface area contributed by atoms with Crippen LogP contribution >= 0.6 is 23.4 Å². The Hall–Kier alpha value is -2.37. The van der Waals surface area contributed by atoms with Crippen LogP contribution in [0.3, 0.4) is 0 Å². The maximum absolute atomic E-state index is 11.9. The van der Waals surface area contributed by atoms with E-state index in [9.17, 15) is 4.79 Å². The highest BCUT2D eigenvalue weighted by Crippen LogP contribution is 2.19. The van der Waals surface area contributed by atoms with Gasteiger partial charge in [0.2, 0.25) is 5.91 Å². The maximum Gasteiger partial charge on any atom is 0.230 e. The molecule has 0 bridgehead atoms. The summed E-state index contributed by atoms with van der Waals surface area (Å²) in [5.74, 6) is 0.251. The van der Waals surface area contributed by atoms with E-state index in [1.807, 2.05) is 66.7 Å². The minimum Gasteiger partial charge on any atom is -0.351 e. The fraction of sp³-hybridized carbons (Fsp3) is 0.105. The molecule has 0 aliphatic heterocycles. The van der Waals surface area contributed by atoms with Crippen molar-refractivity contribution in [2.45, 2.75) is 11.6 Å². The number of hydrogen-bond donors (Lipinski definition) is 1. The topological polar surface area (TPSA) is 54.9 Å². The van der Waals surface area contributed by atoms with Gasteiger partial charge < -0.3 is 5.32 Å². The average molecular weight is 370 g/mol. The number of hydrogen-bond acceptors (Lipinski definition) is 4. The first-order valence-corrected chi connectivity index (χ1v) is 9.10. The molecule has 25 heavy (non-hydrogen) atoms. The highest BCUT2D eigenvalue weighted by molar-refractivity contribution is 7.99. The van der Waals surface area contributed by atoms with Crippen molar-refractivity contribution in [3.05, 3.63) is 77.3 Å². The normalized spacial score (nSPS) is 10.4. The van der Waals surface area contributed by atoms with Gasteiger partial charge in [-0.3, -0.25) is 4.79 Å². The summed E-state index contributed by atoms with van der Waals surface area (Å²) in [7, 11) is 0. The lowest BCUT2D eigenvalue weighted by molar-refractivity contribution is -0.118. The van der Waals surface area contributed by atoms with Gasteiger partial charge in [0.05, 0.1) is 11.4 Å². The van der Waals surface area contributed by atoms with Gasteiger partial charge in [0, 0.05) is 17.1 Å². The summed E-state index contributed by atoms with van der Waals surface area (Å²) in [6.07, 6.45) is 0. The lowest BCUT2D eigenvalue weighted by Crippen LogP contribution is -2.24. The second-order valence-electron chi connectivity index (χ2n) is 5.31. The number of amides is 1. The van der Waals surface area contributed by atoms with Gasteiger partial charge >= 0.3 is 0 Å². The number of carbonyl (C=O) groups excluding carboxylic acids is 1. The Kier molecular flexibility index (Phi) is 6.04. The Bertz CT molecular complexity index is 824. The third kappa shape index (κ3) is 5.31. The van der Waals surface area contributed by atoms with Crippen molar-refractivity contribution in [1.29, 1.82) is 0 Å². The number of nitrogens with zero attached hydrogens (tertiary/aromatic N) is 2. The zero-order valence-corrected chi connectivity index (χ0v) is 14.9. The molecule has 0 spiro atoms. The number of aromatic nitrogens is 2. The van der Waals surface area contributed by atoms with Crippen LogP contribution < -0.4 is 5.32 Å². The van der Waals surface area contributed by atoms with E-state index in [0.29, 0.717) is 17.3 Å². The zero-order chi connectivity index (χ0) is 17.5. The van der Waals surface area contributed by atoms with Gasteiger partial charge in [-0.2, -0.15) is 0 Å². The highest BCUT2D eigenvalue weighted by atomic mass is 35.5. The van der Waals surface area contributed by atoms with Gasteiger partial charge in [0.15, 0.2) is 0 Å². The van der Waals surface area contributed by atoms with Gasteiger partial charge in [-0.05, 0) is 29.8 Å². The van der Waals surface area contributed by atoms with Crippen LogP contribution in [0.1, 0.15) is 5.56 Å². The highest BCUT2D eigenvalue weighted by Gasteiger charge is 2.05. The standard InChI is InChI=1S/C19H16ClN3OS/c20-16-8-6-14(7-9-16)12-21-18(24)13-25-19-11-10-17(22-23-19)15-4-2-1-3-5-15/h1-11H,12-13H2,(H,21,24). The van der Waals surface area contributed by atoms with E-state index in [-0.39, 0.29) is 5.91 Å². The van der Waals surface area contributed by atoms with Crippen LogP contribution in [0.15, 0.2) is 71.8 Å². The smallest absolute Gasteiger partial charge is 0.230 e. The van der Waals surface area contributed by atoms with Crippen molar-refractivity contribution in [3.63, 3.8) is 0 Å².